The molecule has 4 unspecified atom stereocenters. The van der Waals surface area contributed by atoms with Crippen molar-refractivity contribution in [1.82, 2.24) is 10.2 Å². The standard InChI is InChI=1S/C17H36N2/c1-12(2)9-18-10-17(13(3)4)19-11-14(5)8-15(6)16(19)7/h12-18H,8-11H2,1-7H3. The maximum atomic E-state index is 3.67. The topological polar surface area (TPSA) is 15.3 Å². The SMILES string of the molecule is CC(C)CNCC(C(C)C)N1CC(C)CC(C)C1C. The van der Waals surface area contributed by atoms with Crippen LogP contribution in [0, 0.1) is 23.7 Å². The van der Waals surface area contributed by atoms with Gasteiger partial charge in [0.15, 0.2) is 0 Å². The zero-order valence-corrected chi connectivity index (χ0v) is 14.2. The zero-order valence-electron chi connectivity index (χ0n) is 14.2. The summed E-state index contributed by atoms with van der Waals surface area (Å²) >= 11 is 0. The van der Waals surface area contributed by atoms with Crippen LogP contribution in [0.1, 0.15) is 54.9 Å². The van der Waals surface area contributed by atoms with Gasteiger partial charge in [0.1, 0.15) is 0 Å². The fourth-order valence-corrected chi connectivity index (χ4v) is 3.45. The molecule has 1 aliphatic rings. The third-order valence-electron chi connectivity index (χ3n) is 4.74. The number of piperidine rings is 1. The maximum Gasteiger partial charge on any atom is 0.0246 e. The molecule has 0 amide bonds. The van der Waals surface area contributed by atoms with Gasteiger partial charge in [-0.3, -0.25) is 4.90 Å². The predicted octanol–water partition coefficient (Wildman–Crippen LogP) is 3.62. The largest absolute Gasteiger partial charge is 0.315 e. The van der Waals surface area contributed by atoms with Crippen molar-refractivity contribution in [3.05, 3.63) is 0 Å². The quantitative estimate of drug-likeness (QED) is 0.791. The van der Waals surface area contributed by atoms with Crippen molar-refractivity contribution in [2.75, 3.05) is 19.6 Å². The number of hydrogen-bond donors (Lipinski definition) is 1. The minimum Gasteiger partial charge on any atom is -0.315 e. The van der Waals surface area contributed by atoms with Crippen LogP contribution in [0.15, 0.2) is 0 Å². The van der Waals surface area contributed by atoms with E-state index in [1.54, 1.807) is 0 Å². The summed E-state index contributed by atoms with van der Waals surface area (Å²) in [5.41, 5.74) is 0. The molecule has 1 saturated heterocycles. The molecule has 0 spiro atoms. The first kappa shape index (κ1) is 17.0. The minimum absolute atomic E-state index is 0.680. The molecule has 114 valence electrons. The summed E-state index contributed by atoms with van der Waals surface area (Å²) in [6.45, 7) is 20.1. The second-order valence-electron chi connectivity index (χ2n) is 7.62. The minimum atomic E-state index is 0.680. The Morgan fingerprint density at radius 2 is 1.68 bits per heavy atom. The fourth-order valence-electron chi connectivity index (χ4n) is 3.45. The van der Waals surface area contributed by atoms with E-state index in [0.29, 0.717) is 6.04 Å². The highest BCUT2D eigenvalue weighted by Crippen LogP contribution is 2.30. The third kappa shape index (κ3) is 5.07. The van der Waals surface area contributed by atoms with Crippen LogP contribution in [0.5, 0.6) is 0 Å². The van der Waals surface area contributed by atoms with Gasteiger partial charge in [-0.2, -0.15) is 0 Å². The third-order valence-corrected chi connectivity index (χ3v) is 4.74. The predicted molar refractivity (Wildman–Crippen MR) is 85.4 cm³/mol. The molecule has 19 heavy (non-hydrogen) atoms. The molecule has 1 fully saturated rings. The molecular formula is C17H36N2. The van der Waals surface area contributed by atoms with E-state index in [9.17, 15) is 0 Å². The number of likely N-dealkylation sites (tertiary alicyclic amines) is 1. The van der Waals surface area contributed by atoms with Gasteiger partial charge in [0.2, 0.25) is 0 Å². The monoisotopic (exact) mass is 268 g/mol. The van der Waals surface area contributed by atoms with Crippen LogP contribution in [-0.4, -0.2) is 36.6 Å². The van der Waals surface area contributed by atoms with Crippen molar-refractivity contribution in [1.29, 1.82) is 0 Å². The van der Waals surface area contributed by atoms with Gasteiger partial charge < -0.3 is 5.32 Å². The van der Waals surface area contributed by atoms with E-state index in [-0.39, 0.29) is 0 Å². The zero-order chi connectivity index (χ0) is 14.6. The van der Waals surface area contributed by atoms with Crippen LogP contribution >= 0.6 is 0 Å². The summed E-state index contributed by atoms with van der Waals surface area (Å²) in [6.07, 6.45) is 1.39. The molecule has 0 radical (unpaired) electrons. The van der Waals surface area contributed by atoms with E-state index in [2.05, 4.69) is 58.7 Å². The van der Waals surface area contributed by atoms with E-state index >= 15 is 0 Å². The van der Waals surface area contributed by atoms with Gasteiger partial charge in [0, 0.05) is 25.2 Å². The highest BCUT2D eigenvalue weighted by atomic mass is 15.2. The van der Waals surface area contributed by atoms with E-state index in [4.69, 9.17) is 0 Å². The first-order valence-corrected chi connectivity index (χ1v) is 8.29. The molecule has 0 aromatic rings. The van der Waals surface area contributed by atoms with Crippen molar-refractivity contribution in [3.63, 3.8) is 0 Å². The van der Waals surface area contributed by atoms with Gasteiger partial charge in [0.05, 0.1) is 0 Å². The molecule has 1 rings (SSSR count). The Hall–Kier alpha value is -0.0800. The lowest BCUT2D eigenvalue weighted by molar-refractivity contribution is 0.0224. The summed E-state index contributed by atoms with van der Waals surface area (Å²) in [5.74, 6) is 3.14. The molecule has 0 aromatic carbocycles. The Kier molecular flexibility index (Phi) is 6.82. The number of nitrogens with zero attached hydrogens (tertiary/aromatic N) is 1. The highest BCUT2D eigenvalue weighted by Gasteiger charge is 2.34. The van der Waals surface area contributed by atoms with Gasteiger partial charge in [-0.25, -0.2) is 0 Å². The molecule has 0 bridgehead atoms. The van der Waals surface area contributed by atoms with Crippen molar-refractivity contribution >= 4 is 0 Å². The Bertz CT molecular complexity index is 250. The normalized spacial score (nSPS) is 31.1. The lowest BCUT2D eigenvalue weighted by Gasteiger charge is -2.47. The molecule has 0 aliphatic carbocycles. The van der Waals surface area contributed by atoms with Crippen molar-refractivity contribution < 1.29 is 0 Å². The van der Waals surface area contributed by atoms with Gasteiger partial charge >= 0.3 is 0 Å². The summed E-state index contributed by atoms with van der Waals surface area (Å²) < 4.78 is 0. The number of nitrogens with one attached hydrogen (secondary N) is 1. The first-order chi connectivity index (χ1) is 8.82. The maximum absolute atomic E-state index is 3.67. The Balaban J connectivity index is 2.63. The molecular weight excluding hydrogens is 232 g/mol. The van der Waals surface area contributed by atoms with E-state index in [1.807, 2.05) is 0 Å². The number of rotatable bonds is 6. The van der Waals surface area contributed by atoms with Crippen LogP contribution in [0.2, 0.25) is 0 Å². The van der Waals surface area contributed by atoms with Crippen molar-refractivity contribution in [2.24, 2.45) is 23.7 Å². The highest BCUT2D eigenvalue weighted by molar-refractivity contribution is 4.88. The van der Waals surface area contributed by atoms with Crippen molar-refractivity contribution in [2.45, 2.75) is 67.0 Å². The second kappa shape index (κ2) is 7.64. The van der Waals surface area contributed by atoms with Crippen LogP contribution < -0.4 is 5.32 Å². The lowest BCUT2D eigenvalue weighted by Crippen LogP contribution is -2.55. The molecule has 1 aliphatic heterocycles. The van der Waals surface area contributed by atoms with Crippen molar-refractivity contribution in [3.8, 4) is 0 Å². The molecule has 1 N–H and O–H groups in total. The van der Waals surface area contributed by atoms with E-state index in [0.717, 1.165) is 42.8 Å². The summed E-state index contributed by atoms with van der Waals surface area (Å²) in [4.78, 5) is 2.77. The Labute approximate surface area is 121 Å². The molecule has 4 atom stereocenters. The number of hydrogen-bond acceptors (Lipinski definition) is 2. The van der Waals surface area contributed by atoms with Gasteiger partial charge in [-0.05, 0) is 43.6 Å². The average molecular weight is 268 g/mol. The average Bonchev–Trinajstić information content (AvgIpc) is 2.29. The summed E-state index contributed by atoms with van der Waals surface area (Å²) in [7, 11) is 0. The van der Waals surface area contributed by atoms with Crippen LogP contribution in [0.25, 0.3) is 0 Å². The van der Waals surface area contributed by atoms with Crippen LogP contribution in [0.4, 0.5) is 0 Å². The molecule has 0 aromatic heterocycles. The Morgan fingerprint density at radius 1 is 1.05 bits per heavy atom. The van der Waals surface area contributed by atoms with Crippen LogP contribution in [0.3, 0.4) is 0 Å². The summed E-state index contributed by atoms with van der Waals surface area (Å²) in [6, 6.07) is 1.41. The Morgan fingerprint density at radius 3 is 2.21 bits per heavy atom. The molecule has 2 heteroatoms. The molecule has 1 heterocycles. The second-order valence-corrected chi connectivity index (χ2v) is 7.62. The van der Waals surface area contributed by atoms with Gasteiger partial charge in [-0.15, -0.1) is 0 Å². The van der Waals surface area contributed by atoms with Crippen LogP contribution in [-0.2, 0) is 0 Å². The summed E-state index contributed by atoms with van der Waals surface area (Å²) in [5, 5.41) is 3.67. The van der Waals surface area contributed by atoms with Gasteiger partial charge in [-0.1, -0.05) is 41.5 Å². The smallest absolute Gasteiger partial charge is 0.0246 e. The first-order valence-electron chi connectivity index (χ1n) is 8.29. The molecule has 0 saturated carbocycles. The molecule has 2 nitrogen and oxygen atoms in total. The van der Waals surface area contributed by atoms with Gasteiger partial charge in [0.25, 0.3) is 0 Å². The fraction of sp³-hybridized carbons (Fsp3) is 1.00. The van der Waals surface area contributed by atoms with E-state index < -0.39 is 0 Å². The van der Waals surface area contributed by atoms with E-state index in [1.165, 1.54) is 13.0 Å². The lowest BCUT2D eigenvalue weighted by atomic mass is 9.83.